The predicted octanol–water partition coefficient (Wildman–Crippen LogP) is 4.54. The minimum absolute atomic E-state index is 0.116. The van der Waals surface area contributed by atoms with Crippen LogP contribution in [0.3, 0.4) is 0 Å². The Hall–Kier alpha value is -2.69. The minimum Gasteiger partial charge on any atom is -0.465 e. The summed E-state index contributed by atoms with van der Waals surface area (Å²) >= 11 is 0. The number of aromatic nitrogens is 1. The third-order valence-corrected chi connectivity index (χ3v) is 3.58. The molecular weight excluding hydrogens is 297 g/mol. The molecule has 3 rings (SSSR count). The monoisotopic (exact) mass is 313 g/mol. The molecule has 0 aliphatic carbocycles. The highest BCUT2D eigenvalue weighted by Crippen LogP contribution is 2.32. The third-order valence-electron chi connectivity index (χ3n) is 3.58. The molecule has 0 spiro atoms. The van der Waals surface area contributed by atoms with Crippen LogP contribution in [0.15, 0.2) is 40.8 Å². The van der Waals surface area contributed by atoms with Crippen LogP contribution in [0.1, 0.15) is 36.0 Å². The van der Waals surface area contributed by atoms with E-state index in [1.807, 2.05) is 13.8 Å². The molecule has 5 heteroatoms. The van der Waals surface area contributed by atoms with Crippen molar-refractivity contribution in [2.24, 2.45) is 0 Å². The maximum atomic E-state index is 13.2. The Bertz CT molecular complexity index is 866. The van der Waals surface area contributed by atoms with Crippen LogP contribution in [-0.4, -0.2) is 18.1 Å². The molecule has 0 N–H and O–H groups in total. The van der Waals surface area contributed by atoms with Gasteiger partial charge in [-0.1, -0.05) is 26.0 Å². The molecule has 23 heavy (non-hydrogen) atoms. The highest BCUT2D eigenvalue weighted by atomic mass is 19.1. The number of oxazole rings is 1. The van der Waals surface area contributed by atoms with E-state index in [4.69, 9.17) is 9.15 Å². The van der Waals surface area contributed by atoms with Gasteiger partial charge in [0.05, 0.1) is 12.7 Å². The smallest absolute Gasteiger partial charge is 0.337 e. The van der Waals surface area contributed by atoms with Crippen molar-refractivity contribution in [1.82, 2.24) is 4.98 Å². The fourth-order valence-electron chi connectivity index (χ4n) is 2.38. The molecule has 118 valence electrons. The minimum atomic E-state index is -0.454. The van der Waals surface area contributed by atoms with Crippen LogP contribution < -0.4 is 0 Å². The molecule has 0 aliphatic rings. The van der Waals surface area contributed by atoms with Gasteiger partial charge >= 0.3 is 5.97 Å². The Morgan fingerprint density at radius 2 is 1.91 bits per heavy atom. The van der Waals surface area contributed by atoms with E-state index in [9.17, 15) is 9.18 Å². The van der Waals surface area contributed by atoms with E-state index in [1.165, 1.54) is 19.2 Å². The summed E-state index contributed by atoms with van der Waals surface area (Å²) in [6.45, 7) is 3.95. The van der Waals surface area contributed by atoms with Gasteiger partial charge in [0.1, 0.15) is 11.3 Å². The van der Waals surface area contributed by atoms with Crippen molar-refractivity contribution in [2.45, 2.75) is 19.8 Å². The number of hydrogen-bond donors (Lipinski definition) is 0. The number of ether oxygens (including phenoxy) is 1. The van der Waals surface area contributed by atoms with Gasteiger partial charge in [-0.15, -0.1) is 0 Å². The first kappa shape index (κ1) is 15.2. The van der Waals surface area contributed by atoms with Crippen LogP contribution in [-0.2, 0) is 4.74 Å². The van der Waals surface area contributed by atoms with Crippen molar-refractivity contribution >= 4 is 17.1 Å². The Labute approximate surface area is 132 Å². The molecule has 0 fully saturated rings. The van der Waals surface area contributed by atoms with E-state index >= 15 is 0 Å². The molecule has 0 saturated heterocycles. The molecule has 0 unspecified atom stereocenters. The Morgan fingerprint density at radius 3 is 2.52 bits per heavy atom. The number of nitrogens with zero attached hydrogens (tertiary/aromatic N) is 1. The lowest BCUT2D eigenvalue weighted by Crippen LogP contribution is -2.01. The van der Waals surface area contributed by atoms with E-state index in [1.54, 1.807) is 24.3 Å². The first-order valence-corrected chi connectivity index (χ1v) is 7.28. The number of hydrogen-bond acceptors (Lipinski definition) is 4. The number of carbonyl (C=O) groups is 1. The SMILES string of the molecule is COC(=O)c1cc(-c2ccc(F)cc2)c2oc(C(C)C)nc2c1. The quantitative estimate of drug-likeness (QED) is 0.666. The van der Waals surface area contributed by atoms with Crippen LogP contribution >= 0.6 is 0 Å². The lowest BCUT2D eigenvalue weighted by molar-refractivity contribution is 0.0601. The summed E-state index contributed by atoms with van der Waals surface area (Å²) in [5.74, 6) is -0.0747. The summed E-state index contributed by atoms with van der Waals surface area (Å²) in [5, 5.41) is 0. The van der Waals surface area contributed by atoms with E-state index in [0.717, 1.165) is 5.56 Å². The zero-order valence-electron chi connectivity index (χ0n) is 13.1. The third kappa shape index (κ3) is 2.82. The van der Waals surface area contributed by atoms with Crippen molar-refractivity contribution in [3.63, 3.8) is 0 Å². The summed E-state index contributed by atoms with van der Waals surface area (Å²) in [4.78, 5) is 16.3. The second kappa shape index (κ2) is 5.83. The second-order valence-corrected chi connectivity index (χ2v) is 5.58. The number of rotatable bonds is 3. The van der Waals surface area contributed by atoms with Gasteiger partial charge < -0.3 is 9.15 Å². The molecule has 0 radical (unpaired) electrons. The summed E-state index contributed by atoms with van der Waals surface area (Å²) in [6.07, 6.45) is 0. The van der Waals surface area contributed by atoms with Gasteiger partial charge in [-0.3, -0.25) is 0 Å². The number of benzene rings is 2. The van der Waals surface area contributed by atoms with Gasteiger partial charge in [0.2, 0.25) is 0 Å². The first-order chi connectivity index (χ1) is 11.0. The number of methoxy groups -OCH3 is 1. The molecular formula is C18H16FNO3. The van der Waals surface area contributed by atoms with Crippen LogP contribution in [0, 0.1) is 5.82 Å². The molecule has 2 aromatic carbocycles. The number of halogens is 1. The second-order valence-electron chi connectivity index (χ2n) is 5.58. The molecule has 1 aromatic heterocycles. The molecule has 0 atom stereocenters. The van der Waals surface area contributed by atoms with Crippen LogP contribution in [0.2, 0.25) is 0 Å². The van der Waals surface area contributed by atoms with Crippen LogP contribution in [0.4, 0.5) is 4.39 Å². The number of carbonyl (C=O) groups excluding carboxylic acids is 1. The standard InChI is InChI=1S/C18H16FNO3/c1-10(2)17-20-15-9-12(18(21)22-3)8-14(16(15)23-17)11-4-6-13(19)7-5-11/h4-10H,1-3H3. The van der Waals surface area contributed by atoms with E-state index in [-0.39, 0.29) is 11.7 Å². The largest absolute Gasteiger partial charge is 0.465 e. The van der Waals surface area contributed by atoms with Crippen LogP contribution in [0.5, 0.6) is 0 Å². The Kier molecular flexibility index (Phi) is 3.86. The zero-order chi connectivity index (χ0) is 16.6. The maximum absolute atomic E-state index is 13.2. The highest BCUT2D eigenvalue weighted by molar-refractivity contribution is 5.99. The van der Waals surface area contributed by atoms with Gasteiger partial charge in [0.25, 0.3) is 0 Å². The molecule has 0 aliphatic heterocycles. The summed E-state index contributed by atoms with van der Waals surface area (Å²) in [7, 11) is 1.33. The first-order valence-electron chi connectivity index (χ1n) is 7.28. The van der Waals surface area contributed by atoms with E-state index in [0.29, 0.717) is 28.1 Å². The summed E-state index contributed by atoms with van der Waals surface area (Å²) in [5.41, 5.74) is 2.96. The molecule has 4 nitrogen and oxygen atoms in total. The molecule has 0 amide bonds. The summed E-state index contributed by atoms with van der Waals surface area (Å²) < 4.78 is 23.8. The molecule has 1 heterocycles. The lowest BCUT2D eigenvalue weighted by Gasteiger charge is -2.05. The van der Waals surface area contributed by atoms with Gasteiger partial charge in [0, 0.05) is 11.5 Å². The predicted molar refractivity (Wildman–Crippen MR) is 84.8 cm³/mol. The zero-order valence-corrected chi connectivity index (χ0v) is 13.1. The van der Waals surface area contributed by atoms with Crippen molar-refractivity contribution in [2.75, 3.05) is 7.11 Å². The maximum Gasteiger partial charge on any atom is 0.337 e. The Morgan fingerprint density at radius 1 is 1.22 bits per heavy atom. The van der Waals surface area contributed by atoms with Gasteiger partial charge in [-0.25, -0.2) is 14.2 Å². The fourth-order valence-corrected chi connectivity index (χ4v) is 2.38. The van der Waals surface area contributed by atoms with Crippen molar-refractivity contribution in [1.29, 1.82) is 0 Å². The molecule has 0 saturated carbocycles. The molecule has 3 aromatic rings. The summed E-state index contributed by atoms with van der Waals surface area (Å²) in [6, 6.07) is 9.34. The van der Waals surface area contributed by atoms with Gasteiger partial charge in [0.15, 0.2) is 11.5 Å². The van der Waals surface area contributed by atoms with Crippen molar-refractivity contribution < 1.29 is 18.3 Å². The average molecular weight is 313 g/mol. The Balaban J connectivity index is 2.27. The lowest BCUT2D eigenvalue weighted by atomic mass is 10.0. The average Bonchev–Trinajstić information content (AvgIpc) is 2.98. The fraction of sp³-hybridized carbons (Fsp3) is 0.222. The topological polar surface area (TPSA) is 52.3 Å². The highest BCUT2D eigenvalue weighted by Gasteiger charge is 2.18. The number of esters is 1. The van der Waals surface area contributed by atoms with E-state index in [2.05, 4.69) is 4.98 Å². The van der Waals surface area contributed by atoms with Crippen molar-refractivity contribution in [3.05, 3.63) is 53.7 Å². The number of fused-ring (bicyclic) bond motifs is 1. The van der Waals surface area contributed by atoms with Crippen LogP contribution in [0.25, 0.3) is 22.2 Å². The van der Waals surface area contributed by atoms with Gasteiger partial charge in [-0.05, 0) is 29.8 Å². The van der Waals surface area contributed by atoms with Crippen molar-refractivity contribution in [3.8, 4) is 11.1 Å². The van der Waals surface area contributed by atoms with Gasteiger partial charge in [-0.2, -0.15) is 0 Å². The van der Waals surface area contributed by atoms with E-state index < -0.39 is 5.97 Å². The molecule has 0 bridgehead atoms. The normalized spacial score (nSPS) is 11.2.